The Kier molecular flexibility index (Phi) is 10.4. The Labute approximate surface area is 313 Å². The molecular weight excluding hydrogens is 692 g/mol. The zero-order valence-corrected chi connectivity index (χ0v) is 30.7. The van der Waals surface area contributed by atoms with E-state index in [2.05, 4.69) is 9.98 Å². The summed E-state index contributed by atoms with van der Waals surface area (Å²) < 4.78 is 29.7. The van der Waals surface area contributed by atoms with Crippen molar-refractivity contribution in [3.8, 4) is 28.7 Å². The lowest BCUT2D eigenvalue weighted by atomic mass is 10.1. The van der Waals surface area contributed by atoms with Gasteiger partial charge in [-0.3, -0.25) is 24.4 Å². The number of carbonyl (C=O) groups is 3. The maximum Gasteiger partial charge on any atom is 0.306 e. The number of aliphatic carboxylic acids is 1. The van der Waals surface area contributed by atoms with Crippen LogP contribution in [0, 0.1) is 0 Å². The van der Waals surface area contributed by atoms with Crippen LogP contribution in [0.2, 0.25) is 0 Å². The number of nitrogens with zero attached hydrogens (tertiary/aromatic N) is 4. The molecule has 13 heteroatoms. The average molecular weight is 735 g/mol. The van der Waals surface area contributed by atoms with E-state index in [0.717, 1.165) is 12.8 Å². The summed E-state index contributed by atoms with van der Waals surface area (Å²) in [5, 5.41) is 9.18. The molecule has 0 saturated carbocycles. The molecule has 0 spiro atoms. The van der Waals surface area contributed by atoms with Crippen molar-refractivity contribution in [2.45, 2.75) is 58.4 Å². The van der Waals surface area contributed by atoms with E-state index in [0.29, 0.717) is 75.5 Å². The van der Waals surface area contributed by atoms with Crippen LogP contribution < -0.4 is 23.7 Å². The Morgan fingerprint density at radius 1 is 0.722 bits per heavy atom. The highest BCUT2D eigenvalue weighted by atomic mass is 16.5. The van der Waals surface area contributed by atoms with E-state index in [4.69, 9.17) is 23.7 Å². The number of amides is 2. The van der Waals surface area contributed by atoms with Gasteiger partial charge in [0.25, 0.3) is 11.8 Å². The first-order chi connectivity index (χ1) is 26.2. The summed E-state index contributed by atoms with van der Waals surface area (Å²) in [6.45, 7) is 5.22. The number of ether oxygens (including phenoxy) is 5. The fourth-order valence-corrected chi connectivity index (χ4v) is 7.09. The third kappa shape index (κ3) is 7.39. The van der Waals surface area contributed by atoms with Crippen LogP contribution in [0.5, 0.6) is 28.7 Å². The van der Waals surface area contributed by atoms with Crippen molar-refractivity contribution in [3.05, 3.63) is 88.0 Å². The molecule has 3 aromatic carbocycles. The van der Waals surface area contributed by atoms with Crippen LogP contribution in [0.15, 0.2) is 75.7 Å². The number of hydrogen-bond donors (Lipinski definition) is 1. The van der Waals surface area contributed by atoms with Crippen molar-refractivity contribution in [1.82, 2.24) is 9.80 Å². The Hall–Kier alpha value is -6.11. The van der Waals surface area contributed by atoms with Gasteiger partial charge in [0, 0.05) is 37.7 Å². The van der Waals surface area contributed by atoms with Crippen molar-refractivity contribution in [2.24, 2.45) is 9.98 Å². The number of benzene rings is 3. The van der Waals surface area contributed by atoms with Gasteiger partial charge < -0.3 is 38.6 Å². The molecule has 2 atom stereocenters. The predicted octanol–water partition coefficient (Wildman–Crippen LogP) is 6.47. The van der Waals surface area contributed by atoms with Crippen molar-refractivity contribution in [1.29, 1.82) is 0 Å². The lowest BCUT2D eigenvalue weighted by Crippen LogP contribution is -2.35. The molecule has 2 saturated heterocycles. The van der Waals surface area contributed by atoms with Gasteiger partial charge in [-0.25, -0.2) is 0 Å². The van der Waals surface area contributed by atoms with Crippen molar-refractivity contribution in [2.75, 3.05) is 33.9 Å². The minimum absolute atomic E-state index is 0.0313. The topological polar surface area (TPSA) is 149 Å². The van der Waals surface area contributed by atoms with Crippen LogP contribution in [-0.4, -0.2) is 91.1 Å². The summed E-state index contributed by atoms with van der Waals surface area (Å²) in [5.41, 5.74) is 5.68. The van der Waals surface area contributed by atoms with Gasteiger partial charge in [-0.1, -0.05) is 23.3 Å². The van der Waals surface area contributed by atoms with Gasteiger partial charge in [0.1, 0.15) is 19.0 Å². The standard InChI is InChI=1S/C41H42N4O9/c1-5-24-10-28-18-42-33-16-37(35(50-3)14-31(33)40(48)44(28)20-24)53-22-26-9-27(13-30(12-26)52-8-7-39(46)47)23-54-38-17-34-32(15-36(38)51-4)41(49)45-21-25(6-2)11-29(45)19-43-34/h5-6,9,12-19,28-29H,7-8,10-11,20-23H2,1-4H3,(H,46,47)/b24-5-,25-6-/t28-,29-/m0/s1. The van der Waals surface area contributed by atoms with Crippen molar-refractivity contribution in [3.63, 3.8) is 0 Å². The number of allylic oxidation sites excluding steroid dienone is 2. The quantitative estimate of drug-likeness (QED) is 0.207. The summed E-state index contributed by atoms with van der Waals surface area (Å²) in [6, 6.07) is 12.0. The van der Waals surface area contributed by atoms with Crippen LogP contribution in [0.3, 0.4) is 0 Å². The van der Waals surface area contributed by atoms with Crippen molar-refractivity contribution < 1.29 is 43.2 Å². The van der Waals surface area contributed by atoms with E-state index in [1.807, 2.05) is 54.3 Å². The second kappa shape index (κ2) is 15.5. The number of methoxy groups -OCH3 is 2. The van der Waals surface area contributed by atoms with Crippen LogP contribution in [0.25, 0.3) is 0 Å². The molecule has 0 radical (unpaired) electrons. The Bertz CT molecular complexity index is 1990. The lowest BCUT2D eigenvalue weighted by Gasteiger charge is -2.20. The first kappa shape index (κ1) is 36.3. The van der Waals surface area contributed by atoms with E-state index in [9.17, 15) is 19.5 Å². The van der Waals surface area contributed by atoms with E-state index >= 15 is 0 Å². The van der Waals surface area contributed by atoms with Crippen LogP contribution in [-0.2, 0) is 18.0 Å². The molecule has 0 unspecified atom stereocenters. The Morgan fingerprint density at radius 2 is 1.20 bits per heavy atom. The number of carbonyl (C=O) groups excluding carboxylic acids is 2. The van der Waals surface area contributed by atoms with Gasteiger partial charge >= 0.3 is 5.97 Å². The van der Waals surface area contributed by atoms with E-state index in [1.54, 1.807) is 36.4 Å². The van der Waals surface area contributed by atoms with E-state index in [1.165, 1.54) is 25.4 Å². The second-order valence-corrected chi connectivity index (χ2v) is 13.5. The fraction of sp³-hybridized carbons (Fsp3) is 0.341. The molecule has 4 heterocycles. The summed E-state index contributed by atoms with van der Waals surface area (Å²) in [7, 11) is 3.03. The number of carboxylic acid groups (broad SMARTS) is 1. The number of rotatable bonds is 12. The van der Waals surface area contributed by atoms with Gasteiger partial charge in [0.2, 0.25) is 0 Å². The first-order valence-electron chi connectivity index (χ1n) is 17.8. The van der Waals surface area contributed by atoms with Crippen LogP contribution in [0.1, 0.15) is 65.0 Å². The molecule has 2 fully saturated rings. The highest BCUT2D eigenvalue weighted by molar-refractivity contribution is 6.04. The largest absolute Gasteiger partial charge is 0.493 e. The molecule has 0 aromatic heterocycles. The number of fused-ring (bicyclic) bond motifs is 4. The van der Waals surface area contributed by atoms with Gasteiger partial charge in [-0.2, -0.15) is 0 Å². The van der Waals surface area contributed by atoms with E-state index < -0.39 is 5.97 Å². The molecule has 0 aliphatic carbocycles. The molecule has 54 heavy (non-hydrogen) atoms. The number of aliphatic imine (C=N–C) groups is 2. The van der Waals surface area contributed by atoms with Crippen LogP contribution >= 0.6 is 0 Å². The van der Waals surface area contributed by atoms with Gasteiger partial charge in [-0.05, 0) is 68.1 Å². The summed E-state index contributed by atoms with van der Waals surface area (Å²) in [6.07, 6.45) is 9.04. The first-order valence-corrected chi connectivity index (χ1v) is 17.8. The summed E-state index contributed by atoms with van der Waals surface area (Å²) in [4.78, 5) is 51.2. The number of carboxylic acids is 1. The molecule has 13 nitrogen and oxygen atoms in total. The molecule has 2 amide bonds. The molecule has 1 N–H and O–H groups in total. The summed E-state index contributed by atoms with van der Waals surface area (Å²) in [5.74, 6) is 0.813. The summed E-state index contributed by atoms with van der Waals surface area (Å²) >= 11 is 0. The maximum atomic E-state index is 13.5. The predicted molar refractivity (Wildman–Crippen MR) is 202 cm³/mol. The van der Waals surface area contributed by atoms with Gasteiger partial charge in [0.15, 0.2) is 23.0 Å². The van der Waals surface area contributed by atoms with Crippen LogP contribution in [0.4, 0.5) is 11.4 Å². The second-order valence-electron chi connectivity index (χ2n) is 13.5. The highest BCUT2D eigenvalue weighted by Crippen LogP contribution is 2.41. The van der Waals surface area contributed by atoms with Gasteiger partial charge in [-0.15, -0.1) is 0 Å². The van der Waals surface area contributed by atoms with E-state index in [-0.39, 0.29) is 50.1 Å². The zero-order chi connectivity index (χ0) is 37.9. The molecule has 3 aromatic rings. The Balaban J connectivity index is 1.12. The lowest BCUT2D eigenvalue weighted by molar-refractivity contribution is -0.137. The molecule has 7 rings (SSSR count). The zero-order valence-electron chi connectivity index (χ0n) is 30.7. The normalized spacial score (nSPS) is 19.9. The fourth-order valence-electron chi connectivity index (χ4n) is 7.09. The molecule has 280 valence electrons. The molecule has 4 aliphatic rings. The number of hydrogen-bond acceptors (Lipinski definition) is 10. The third-order valence-corrected chi connectivity index (χ3v) is 10.0. The highest BCUT2D eigenvalue weighted by Gasteiger charge is 2.36. The molecule has 0 bridgehead atoms. The average Bonchev–Trinajstić information content (AvgIpc) is 3.74. The van der Waals surface area contributed by atoms with Gasteiger partial charge in [0.05, 0.1) is 61.8 Å². The minimum Gasteiger partial charge on any atom is -0.493 e. The molecule has 4 aliphatic heterocycles. The molecular formula is C41H42N4O9. The Morgan fingerprint density at radius 3 is 1.63 bits per heavy atom. The minimum atomic E-state index is -0.976. The smallest absolute Gasteiger partial charge is 0.306 e. The monoisotopic (exact) mass is 734 g/mol. The maximum absolute atomic E-state index is 13.5. The van der Waals surface area contributed by atoms with Crippen molar-refractivity contribution >= 4 is 41.6 Å². The third-order valence-electron chi connectivity index (χ3n) is 10.0. The SMILES string of the molecule is C/C=C1/C[C@H]2C=Nc3cc(OCc4cc(COc5cc6c(cc5OC)C(=O)N5C/C(=C\C)C[C@H]5C=N6)cc(OCCC(=O)O)c4)c(OC)cc3C(=O)N2C1.